The Kier molecular flexibility index (Phi) is 6.00. The van der Waals surface area contributed by atoms with Crippen molar-refractivity contribution in [3.8, 4) is 0 Å². The van der Waals surface area contributed by atoms with Gasteiger partial charge in [0.1, 0.15) is 5.84 Å². The first kappa shape index (κ1) is 14.3. The Labute approximate surface area is 108 Å². The molecule has 0 saturated heterocycles. The van der Waals surface area contributed by atoms with Crippen molar-refractivity contribution in [3.63, 3.8) is 0 Å². The topological polar surface area (TPSA) is 71.0 Å². The van der Waals surface area contributed by atoms with Crippen molar-refractivity contribution in [1.82, 2.24) is 5.01 Å². The third-order valence-corrected chi connectivity index (χ3v) is 2.71. The van der Waals surface area contributed by atoms with E-state index in [1.54, 1.807) is 5.01 Å². The van der Waals surface area contributed by atoms with Gasteiger partial charge in [0.15, 0.2) is 0 Å². The van der Waals surface area contributed by atoms with Crippen molar-refractivity contribution < 1.29 is 0 Å². The van der Waals surface area contributed by atoms with Crippen LogP contribution in [0.2, 0.25) is 0 Å². The normalized spacial score (nSPS) is 11.4. The Bertz CT molecular complexity index is 417. The summed E-state index contributed by atoms with van der Waals surface area (Å²) in [5.74, 6) is 6.66. The summed E-state index contributed by atoms with van der Waals surface area (Å²) in [6.45, 7) is 4.92. The summed E-state index contributed by atoms with van der Waals surface area (Å²) in [5.41, 5.74) is 2.05. The second-order valence-corrected chi connectivity index (χ2v) is 4.20. The number of hydrogen-bond acceptors (Lipinski definition) is 4. The summed E-state index contributed by atoms with van der Waals surface area (Å²) in [4.78, 5) is 14.4. The fraction of sp³-hybridized carbons (Fsp3) is 0.462. The first-order valence-corrected chi connectivity index (χ1v) is 6.07. The van der Waals surface area contributed by atoms with Gasteiger partial charge in [-0.1, -0.05) is 23.4 Å². The molecule has 1 aromatic carbocycles. The number of aryl methyl sites for hydroxylation is 1. The lowest BCUT2D eigenvalue weighted by Gasteiger charge is -2.17. The molecule has 0 aromatic heterocycles. The zero-order chi connectivity index (χ0) is 13.4. The van der Waals surface area contributed by atoms with Crippen LogP contribution < -0.4 is 5.84 Å². The van der Waals surface area contributed by atoms with Gasteiger partial charge in [-0.25, -0.2) is 10.8 Å². The van der Waals surface area contributed by atoms with Gasteiger partial charge in [-0.05, 0) is 38.3 Å². The largest absolute Gasteiger partial charge is 0.299 e. The summed E-state index contributed by atoms with van der Waals surface area (Å²) in [5, 5.41) is 4.43. The number of rotatable bonds is 6. The lowest BCUT2D eigenvalue weighted by molar-refractivity contribution is 0.421. The molecule has 0 aliphatic carbocycles. The predicted molar refractivity (Wildman–Crippen MR) is 74.7 cm³/mol. The van der Waals surface area contributed by atoms with Crippen LogP contribution in [0.15, 0.2) is 34.4 Å². The van der Waals surface area contributed by atoms with Crippen LogP contribution in [0, 0.1) is 11.8 Å². The Hall–Kier alpha value is -1.75. The monoisotopic (exact) mass is 248 g/mol. The van der Waals surface area contributed by atoms with E-state index in [9.17, 15) is 4.91 Å². The van der Waals surface area contributed by atoms with E-state index >= 15 is 0 Å². The highest BCUT2D eigenvalue weighted by molar-refractivity contribution is 5.82. The quantitative estimate of drug-likeness (QED) is 0.210. The number of nitroso groups, excluding NO2 is 1. The van der Waals surface area contributed by atoms with Crippen LogP contribution in [0.4, 0.5) is 5.69 Å². The first-order valence-electron chi connectivity index (χ1n) is 6.07. The lowest BCUT2D eigenvalue weighted by Crippen LogP contribution is -2.36. The minimum atomic E-state index is 0.349. The van der Waals surface area contributed by atoms with Gasteiger partial charge < -0.3 is 0 Å². The molecule has 1 rings (SSSR count). The average molecular weight is 248 g/mol. The standard InChI is InChI=1S/C13H20N4O/c1-11-7-3-4-8-13(11)16-12(2)17(14)10-6-5-9-15-18/h3-4,7-8H,5-6,9-10,14H2,1-2H3/b16-12+. The van der Waals surface area contributed by atoms with Gasteiger partial charge in [-0.15, -0.1) is 0 Å². The number of nitrogens with two attached hydrogens (primary N) is 1. The predicted octanol–water partition coefficient (Wildman–Crippen LogP) is 2.77. The molecule has 1 aromatic rings. The summed E-state index contributed by atoms with van der Waals surface area (Å²) in [7, 11) is 0. The van der Waals surface area contributed by atoms with Crippen molar-refractivity contribution >= 4 is 11.5 Å². The van der Waals surface area contributed by atoms with Gasteiger partial charge in [-0.2, -0.15) is 4.91 Å². The molecule has 5 nitrogen and oxygen atoms in total. The highest BCUT2D eigenvalue weighted by Crippen LogP contribution is 2.17. The molecule has 0 amide bonds. The molecule has 0 unspecified atom stereocenters. The van der Waals surface area contributed by atoms with Gasteiger partial charge >= 0.3 is 0 Å². The van der Waals surface area contributed by atoms with Crippen molar-refractivity contribution in [3.05, 3.63) is 34.7 Å². The Morgan fingerprint density at radius 3 is 2.72 bits per heavy atom. The van der Waals surface area contributed by atoms with Crippen molar-refractivity contribution in [1.29, 1.82) is 0 Å². The Morgan fingerprint density at radius 2 is 2.06 bits per heavy atom. The molecule has 2 N–H and O–H groups in total. The van der Waals surface area contributed by atoms with E-state index in [0.717, 1.165) is 29.9 Å². The summed E-state index contributed by atoms with van der Waals surface area (Å²) >= 11 is 0. The number of nitrogens with zero attached hydrogens (tertiary/aromatic N) is 3. The number of amidine groups is 1. The van der Waals surface area contributed by atoms with E-state index in [0.29, 0.717) is 13.1 Å². The van der Waals surface area contributed by atoms with Crippen LogP contribution >= 0.6 is 0 Å². The molecule has 98 valence electrons. The van der Waals surface area contributed by atoms with E-state index in [1.165, 1.54) is 0 Å². The summed E-state index contributed by atoms with van der Waals surface area (Å²) in [6, 6.07) is 7.91. The van der Waals surface area contributed by atoms with Crippen LogP contribution in [0.25, 0.3) is 0 Å². The van der Waals surface area contributed by atoms with E-state index in [-0.39, 0.29) is 0 Å². The van der Waals surface area contributed by atoms with Crippen LogP contribution in [-0.4, -0.2) is 23.9 Å². The average Bonchev–Trinajstić information content (AvgIpc) is 2.37. The first-order chi connectivity index (χ1) is 8.65. The van der Waals surface area contributed by atoms with E-state index in [1.807, 2.05) is 38.1 Å². The molecule has 0 aliphatic heterocycles. The second-order valence-electron chi connectivity index (χ2n) is 4.20. The highest BCUT2D eigenvalue weighted by atomic mass is 16.3. The van der Waals surface area contributed by atoms with Gasteiger partial charge in [-0.3, -0.25) is 5.01 Å². The van der Waals surface area contributed by atoms with Crippen LogP contribution in [0.3, 0.4) is 0 Å². The molecule has 18 heavy (non-hydrogen) atoms. The summed E-state index contributed by atoms with van der Waals surface area (Å²) in [6.07, 6.45) is 1.59. The maximum Gasteiger partial charge on any atom is 0.116 e. The van der Waals surface area contributed by atoms with Crippen LogP contribution in [-0.2, 0) is 0 Å². The third kappa shape index (κ3) is 4.63. The number of para-hydroxylation sites is 1. The molecule has 0 fully saturated rings. The molecular formula is C13H20N4O. The zero-order valence-corrected chi connectivity index (χ0v) is 11.0. The third-order valence-electron chi connectivity index (χ3n) is 2.71. The summed E-state index contributed by atoms with van der Waals surface area (Å²) < 4.78 is 0. The minimum absolute atomic E-state index is 0.349. The lowest BCUT2D eigenvalue weighted by atomic mass is 10.2. The maximum absolute atomic E-state index is 9.94. The maximum atomic E-state index is 9.94. The highest BCUT2D eigenvalue weighted by Gasteiger charge is 2.02. The van der Waals surface area contributed by atoms with E-state index in [4.69, 9.17) is 5.84 Å². The minimum Gasteiger partial charge on any atom is -0.299 e. The molecular weight excluding hydrogens is 228 g/mol. The number of hydrogen-bond donors (Lipinski definition) is 1. The van der Waals surface area contributed by atoms with Crippen molar-refractivity contribution in [2.45, 2.75) is 26.7 Å². The van der Waals surface area contributed by atoms with Crippen molar-refractivity contribution in [2.75, 3.05) is 13.1 Å². The second kappa shape index (κ2) is 7.55. The van der Waals surface area contributed by atoms with E-state index in [2.05, 4.69) is 10.2 Å². The molecule has 0 heterocycles. The molecule has 0 atom stereocenters. The number of benzene rings is 1. The molecule has 0 aliphatic rings. The molecule has 0 saturated carbocycles. The van der Waals surface area contributed by atoms with Crippen LogP contribution in [0.1, 0.15) is 25.3 Å². The Balaban J connectivity index is 2.55. The number of aliphatic imine (C=N–C) groups is 1. The van der Waals surface area contributed by atoms with Gasteiger partial charge in [0, 0.05) is 6.54 Å². The smallest absolute Gasteiger partial charge is 0.116 e. The molecule has 0 bridgehead atoms. The molecule has 0 spiro atoms. The van der Waals surface area contributed by atoms with Gasteiger partial charge in [0.2, 0.25) is 0 Å². The molecule has 5 heteroatoms. The fourth-order valence-corrected chi connectivity index (χ4v) is 1.55. The SMILES string of the molecule is C/C(=N\c1ccccc1C)N(N)CCCCN=O. The molecule has 0 radical (unpaired) electrons. The van der Waals surface area contributed by atoms with Gasteiger partial charge in [0.25, 0.3) is 0 Å². The fourth-order valence-electron chi connectivity index (χ4n) is 1.55. The van der Waals surface area contributed by atoms with Crippen LogP contribution in [0.5, 0.6) is 0 Å². The zero-order valence-electron chi connectivity index (χ0n) is 11.0. The van der Waals surface area contributed by atoms with E-state index < -0.39 is 0 Å². The van der Waals surface area contributed by atoms with Crippen molar-refractivity contribution in [2.24, 2.45) is 16.0 Å². The Morgan fingerprint density at radius 1 is 1.33 bits per heavy atom. The number of unbranched alkanes of at least 4 members (excludes halogenated alkanes) is 1. The number of hydrazine groups is 1. The van der Waals surface area contributed by atoms with Gasteiger partial charge in [0.05, 0.1) is 12.2 Å².